The van der Waals surface area contributed by atoms with E-state index in [0.29, 0.717) is 11.4 Å². The molecular weight excluding hydrogens is 182 g/mol. The van der Waals surface area contributed by atoms with Crippen LogP contribution in [0.4, 0.5) is 5.69 Å². The van der Waals surface area contributed by atoms with E-state index in [4.69, 9.17) is 20.7 Å². The predicted octanol–water partition coefficient (Wildman–Crippen LogP) is 0.309. The Balaban J connectivity index is 2.62. The molecule has 1 atom stereocenters. The molecule has 4 nitrogen and oxygen atoms in total. The molecule has 1 rings (SSSR count). The van der Waals surface area contributed by atoms with Crippen LogP contribution in [0, 0.1) is 6.92 Å². The van der Waals surface area contributed by atoms with Crippen molar-refractivity contribution in [2.45, 2.75) is 13.0 Å². The van der Waals surface area contributed by atoms with E-state index in [1.165, 1.54) is 0 Å². The molecule has 0 fully saturated rings. The Morgan fingerprint density at radius 2 is 2.21 bits per heavy atom. The minimum atomic E-state index is -0.866. The molecule has 78 valence electrons. The van der Waals surface area contributed by atoms with E-state index < -0.39 is 6.10 Å². The zero-order valence-electron chi connectivity index (χ0n) is 8.10. The molecule has 1 unspecified atom stereocenters. The van der Waals surface area contributed by atoms with Crippen LogP contribution in [-0.2, 0) is 0 Å². The van der Waals surface area contributed by atoms with Crippen LogP contribution >= 0.6 is 0 Å². The van der Waals surface area contributed by atoms with Crippen molar-refractivity contribution < 1.29 is 14.9 Å². The second-order valence-electron chi connectivity index (χ2n) is 3.19. The summed E-state index contributed by atoms with van der Waals surface area (Å²) in [5.41, 5.74) is 7.21. The van der Waals surface area contributed by atoms with Crippen molar-refractivity contribution in [3.8, 4) is 5.75 Å². The summed E-state index contributed by atoms with van der Waals surface area (Å²) in [6, 6.07) is 5.42. The lowest BCUT2D eigenvalue weighted by atomic mass is 10.2. The number of hydrogen-bond acceptors (Lipinski definition) is 4. The van der Waals surface area contributed by atoms with E-state index in [9.17, 15) is 0 Å². The maximum absolute atomic E-state index is 9.06. The third kappa shape index (κ3) is 2.90. The van der Waals surface area contributed by atoms with Gasteiger partial charge in [-0.15, -0.1) is 0 Å². The lowest BCUT2D eigenvalue weighted by molar-refractivity contribution is 0.0538. The zero-order valence-corrected chi connectivity index (χ0v) is 8.10. The van der Waals surface area contributed by atoms with Crippen LogP contribution in [-0.4, -0.2) is 29.5 Å². The minimum Gasteiger partial charge on any atom is -0.489 e. The minimum absolute atomic E-state index is 0.0458. The van der Waals surface area contributed by atoms with Crippen LogP contribution in [0.15, 0.2) is 18.2 Å². The lowest BCUT2D eigenvalue weighted by Gasteiger charge is -2.12. The molecule has 4 heteroatoms. The predicted molar refractivity (Wildman–Crippen MR) is 54.2 cm³/mol. The van der Waals surface area contributed by atoms with E-state index in [1.807, 2.05) is 13.0 Å². The number of ether oxygens (including phenoxy) is 1. The van der Waals surface area contributed by atoms with Crippen LogP contribution in [0.25, 0.3) is 0 Å². The van der Waals surface area contributed by atoms with Crippen molar-refractivity contribution in [2.24, 2.45) is 0 Å². The monoisotopic (exact) mass is 197 g/mol. The van der Waals surface area contributed by atoms with Gasteiger partial charge in [0, 0.05) is 0 Å². The van der Waals surface area contributed by atoms with Gasteiger partial charge in [-0.1, -0.05) is 6.07 Å². The van der Waals surface area contributed by atoms with Gasteiger partial charge in [-0.05, 0) is 24.6 Å². The van der Waals surface area contributed by atoms with Crippen molar-refractivity contribution in [1.82, 2.24) is 0 Å². The van der Waals surface area contributed by atoms with Gasteiger partial charge in [-0.3, -0.25) is 0 Å². The number of benzene rings is 1. The van der Waals surface area contributed by atoms with Gasteiger partial charge in [0.25, 0.3) is 0 Å². The third-order valence-electron chi connectivity index (χ3n) is 1.81. The fraction of sp³-hybridized carbons (Fsp3) is 0.400. The van der Waals surface area contributed by atoms with Crippen LogP contribution in [0.2, 0.25) is 0 Å². The van der Waals surface area contributed by atoms with Gasteiger partial charge in [0.05, 0.1) is 12.3 Å². The number of aliphatic hydroxyl groups is 2. The Morgan fingerprint density at radius 3 is 2.86 bits per heavy atom. The van der Waals surface area contributed by atoms with Crippen LogP contribution in [0.5, 0.6) is 5.75 Å². The number of aryl methyl sites for hydroxylation is 1. The standard InChI is InChI=1S/C10H15NO3/c1-7-2-3-9(11)10(4-7)14-6-8(13)5-12/h2-4,8,12-13H,5-6,11H2,1H3. The topological polar surface area (TPSA) is 75.7 Å². The molecule has 0 aliphatic carbocycles. The Bertz CT molecular complexity index is 301. The number of aliphatic hydroxyl groups excluding tert-OH is 2. The van der Waals surface area contributed by atoms with E-state index in [2.05, 4.69) is 0 Å². The molecule has 0 aliphatic heterocycles. The Labute approximate surface area is 82.9 Å². The maximum atomic E-state index is 9.06. The fourth-order valence-corrected chi connectivity index (χ4v) is 1.01. The number of rotatable bonds is 4. The normalized spacial score (nSPS) is 12.5. The Kier molecular flexibility index (Phi) is 3.73. The summed E-state index contributed by atoms with van der Waals surface area (Å²) in [5.74, 6) is 0.539. The molecule has 0 saturated heterocycles. The largest absolute Gasteiger partial charge is 0.489 e. The highest BCUT2D eigenvalue weighted by Gasteiger charge is 2.05. The molecule has 0 aliphatic rings. The molecule has 1 aromatic rings. The molecule has 4 N–H and O–H groups in total. The molecule has 0 heterocycles. The summed E-state index contributed by atoms with van der Waals surface area (Å²) in [6.45, 7) is 1.66. The van der Waals surface area contributed by atoms with Gasteiger partial charge < -0.3 is 20.7 Å². The molecule has 0 bridgehead atoms. The van der Waals surface area contributed by atoms with E-state index >= 15 is 0 Å². The highest BCUT2D eigenvalue weighted by molar-refractivity contribution is 5.53. The van der Waals surface area contributed by atoms with Gasteiger partial charge in [-0.25, -0.2) is 0 Å². The average Bonchev–Trinajstić information content (AvgIpc) is 2.19. The SMILES string of the molecule is Cc1ccc(N)c(OCC(O)CO)c1. The molecule has 0 saturated carbocycles. The maximum Gasteiger partial charge on any atom is 0.142 e. The molecule has 1 aromatic carbocycles. The number of hydrogen-bond donors (Lipinski definition) is 3. The molecule has 0 radical (unpaired) electrons. The first-order valence-electron chi connectivity index (χ1n) is 4.41. The number of nitrogen functional groups attached to an aromatic ring is 1. The zero-order chi connectivity index (χ0) is 10.6. The van der Waals surface area contributed by atoms with Crippen molar-refractivity contribution in [3.63, 3.8) is 0 Å². The molecule has 14 heavy (non-hydrogen) atoms. The van der Waals surface area contributed by atoms with Crippen molar-refractivity contribution in [3.05, 3.63) is 23.8 Å². The first kappa shape index (κ1) is 10.8. The van der Waals surface area contributed by atoms with E-state index in [1.54, 1.807) is 12.1 Å². The molecular formula is C10H15NO3. The van der Waals surface area contributed by atoms with Crippen LogP contribution < -0.4 is 10.5 Å². The average molecular weight is 197 g/mol. The number of nitrogens with two attached hydrogens (primary N) is 1. The van der Waals surface area contributed by atoms with E-state index in [-0.39, 0.29) is 13.2 Å². The number of anilines is 1. The van der Waals surface area contributed by atoms with Crippen LogP contribution in [0.3, 0.4) is 0 Å². The Morgan fingerprint density at radius 1 is 1.50 bits per heavy atom. The van der Waals surface area contributed by atoms with Crippen LogP contribution in [0.1, 0.15) is 5.56 Å². The van der Waals surface area contributed by atoms with Gasteiger partial charge >= 0.3 is 0 Å². The summed E-state index contributed by atoms with van der Waals surface area (Å²) >= 11 is 0. The van der Waals surface area contributed by atoms with Gasteiger partial charge in [0.1, 0.15) is 18.5 Å². The van der Waals surface area contributed by atoms with E-state index in [0.717, 1.165) is 5.56 Å². The molecule has 0 aromatic heterocycles. The van der Waals surface area contributed by atoms with Crippen molar-refractivity contribution in [2.75, 3.05) is 18.9 Å². The molecule has 0 spiro atoms. The molecule has 0 amide bonds. The van der Waals surface area contributed by atoms with Crippen molar-refractivity contribution >= 4 is 5.69 Å². The Hall–Kier alpha value is -1.26. The van der Waals surface area contributed by atoms with Gasteiger partial charge in [0.2, 0.25) is 0 Å². The fourth-order valence-electron chi connectivity index (χ4n) is 1.01. The van der Waals surface area contributed by atoms with Crippen molar-refractivity contribution in [1.29, 1.82) is 0 Å². The van der Waals surface area contributed by atoms with Gasteiger partial charge in [0.15, 0.2) is 0 Å². The first-order chi connectivity index (χ1) is 6.63. The summed E-state index contributed by atoms with van der Waals surface area (Å²) in [7, 11) is 0. The smallest absolute Gasteiger partial charge is 0.142 e. The lowest BCUT2D eigenvalue weighted by Crippen LogP contribution is -2.21. The second-order valence-corrected chi connectivity index (χ2v) is 3.19. The van der Waals surface area contributed by atoms with Gasteiger partial charge in [-0.2, -0.15) is 0 Å². The second kappa shape index (κ2) is 4.83. The summed E-state index contributed by atoms with van der Waals surface area (Å²) in [4.78, 5) is 0. The summed E-state index contributed by atoms with van der Waals surface area (Å²) in [5, 5.41) is 17.6. The first-order valence-corrected chi connectivity index (χ1v) is 4.41. The quantitative estimate of drug-likeness (QED) is 0.607. The summed E-state index contributed by atoms with van der Waals surface area (Å²) < 4.78 is 5.24. The highest BCUT2D eigenvalue weighted by Crippen LogP contribution is 2.22. The highest BCUT2D eigenvalue weighted by atomic mass is 16.5. The third-order valence-corrected chi connectivity index (χ3v) is 1.81. The summed E-state index contributed by atoms with van der Waals surface area (Å²) in [6.07, 6.45) is -0.866.